The third kappa shape index (κ3) is 2.37. The number of nitrogens with zero attached hydrogens (tertiary/aromatic N) is 1. The van der Waals surface area contributed by atoms with E-state index in [1.807, 2.05) is 13.8 Å². The molecule has 2 N–H and O–H groups in total. The van der Waals surface area contributed by atoms with E-state index < -0.39 is 9.84 Å². The normalized spacial score (nSPS) is 24.2. The standard InChI is InChI=1S/C10H17N3O2S/c1-7-10(8(2)13-12-7)11-9-4-3-5-16(14,15)6-9/h9,11H,3-6H2,1-2H3,(H,12,13). The van der Waals surface area contributed by atoms with Gasteiger partial charge in [0.05, 0.1) is 28.6 Å². The van der Waals surface area contributed by atoms with Gasteiger partial charge in [0.1, 0.15) is 0 Å². The molecule has 0 radical (unpaired) electrons. The molecule has 0 aliphatic carbocycles. The second-order valence-electron chi connectivity index (χ2n) is 4.41. The lowest BCUT2D eigenvalue weighted by atomic mass is 10.1. The van der Waals surface area contributed by atoms with Gasteiger partial charge in [-0.2, -0.15) is 5.10 Å². The molecule has 0 aromatic carbocycles. The summed E-state index contributed by atoms with van der Waals surface area (Å²) in [6.45, 7) is 3.84. The smallest absolute Gasteiger partial charge is 0.152 e. The van der Waals surface area contributed by atoms with Crippen LogP contribution in [-0.2, 0) is 9.84 Å². The Morgan fingerprint density at radius 2 is 2.19 bits per heavy atom. The van der Waals surface area contributed by atoms with Crippen LogP contribution < -0.4 is 5.32 Å². The van der Waals surface area contributed by atoms with Gasteiger partial charge >= 0.3 is 0 Å². The Labute approximate surface area is 95.6 Å². The third-order valence-electron chi connectivity index (χ3n) is 2.94. The predicted octanol–water partition coefficient (Wildman–Crippen LogP) is 1.02. The van der Waals surface area contributed by atoms with Crippen molar-refractivity contribution in [1.29, 1.82) is 0 Å². The van der Waals surface area contributed by atoms with Crippen LogP contribution in [0.25, 0.3) is 0 Å². The fraction of sp³-hybridized carbons (Fsp3) is 0.700. The van der Waals surface area contributed by atoms with E-state index in [1.165, 1.54) is 0 Å². The van der Waals surface area contributed by atoms with Crippen molar-refractivity contribution in [2.24, 2.45) is 0 Å². The molecule has 2 rings (SSSR count). The summed E-state index contributed by atoms with van der Waals surface area (Å²) in [5.74, 6) is 0.561. The van der Waals surface area contributed by atoms with Gasteiger partial charge in [-0.25, -0.2) is 8.42 Å². The van der Waals surface area contributed by atoms with Gasteiger partial charge in [-0.05, 0) is 26.7 Å². The van der Waals surface area contributed by atoms with Gasteiger partial charge in [0.2, 0.25) is 0 Å². The van der Waals surface area contributed by atoms with Crippen molar-refractivity contribution in [1.82, 2.24) is 10.2 Å². The van der Waals surface area contributed by atoms with Gasteiger partial charge in [0, 0.05) is 6.04 Å². The Balaban J connectivity index is 2.11. The summed E-state index contributed by atoms with van der Waals surface area (Å²) in [7, 11) is -2.85. The molecule has 1 saturated heterocycles. The molecule has 2 heterocycles. The number of sulfone groups is 1. The number of aromatic nitrogens is 2. The van der Waals surface area contributed by atoms with Crippen molar-refractivity contribution in [3.05, 3.63) is 11.4 Å². The number of anilines is 1. The molecule has 0 amide bonds. The zero-order chi connectivity index (χ0) is 11.8. The fourth-order valence-electron chi connectivity index (χ4n) is 2.10. The molecular weight excluding hydrogens is 226 g/mol. The Hall–Kier alpha value is -1.04. The van der Waals surface area contributed by atoms with E-state index in [4.69, 9.17) is 0 Å². The van der Waals surface area contributed by atoms with Crippen LogP contribution in [0.1, 0.15) is 24.2 Å². The number of aryl methyl sites for hydroxylation is 2. The lowest BCUT2D eigenvalue weighted by Gasteiger charge is -2.24. The first-order valence-electron chi connectivity index (χ1n) is 5.46. The molecule has 1 aromatic heterocycles. The molecule has 90 valence electrons. The second-order valence-corrected chi connectivity index (χ2v) is 6.64. The average Bonchev–Trinajstić information content (AvgIpc) is 2.48. The molecule has 16 heavy (non-hydrogen) atoms. The van der Waals surface area contributed by atoms with E-state index in [0.29, 0.717) is 5.75 Å². The summed E-state index contributed by atoms with van der Waals surface area (Å²) in [6, 6.07) is 0.0220. The zero-order valence-corrected chi connectivity index (χ0v) is 10.4. The Morgan fingerprint density at radius 1 is 1.44 bits per heavy atom. The van der Waals surface area contributed by atoms with E-state index >= 15 is 0 Å². The third-order valence-corrected chi connectivity index (χ3v) is 4.76. The van der Waals surface area contributed by atoms with Gasteiger partial charge in [-0.15, -0.1) is 0 Å². The molecule has 6 heteroatoms. The van der Waals surface area contributed by atoms with E-state index in [-0.39, 0.29) is 11.8 Å². The second kappa shape index (κ2) is 4.08. The highest BCUT2D eigenvalue weighted by atomic mass is 32.2. The van der Waals surface area contributed by atoms with E-state index in [1.54, 1.807) is 0 Å². The highest BCUT2D eigenvalue weighted by molar-refractivity contribution is 7.91. The number of hydrogen-bond acceptors (Lipinski definition) is 4. The summed E-state index contributed by atoms with van der Waals surface area (Å²) in [5, 5.41) is 10.2. The number of aromatic amines is 1. The lowest BCUT2D eigenvalue weighted by Crippen LogP contribution is -2.35. The molecule has 0 bridgehead atoms. The van der Waals surface area contributed by atoms with Crippen LogP contribution >= 0.6 is 0 Å². The minimum Gasteiger partial charge on any atom is -0.378 e. The van der Waals surface area contributed by atoms with Crippen LogP contribution in [-0.4, -0.2) is 36.2 Å². The summed E-state index contributed by atoms with van der Waals surface area (Å²) < 4.78 is 23.0. The van der Waals surface area contributed by atoms with E-state index in [2.05, 4.69) is 15.5 Å². The maximum absolute atomic E-state index is 11.5. The predicted molar refractivity (Wildman–Crippen MR) is 63.4 cm³/mol. The van der Waals surface area contributed by atoms with Crippen molar-refractivity contribution in [2.45, 2.75) is 32.7 Å². The summed E-state index contributed by atoms with van der Waals surface area (Å²) >= 11 is 0. The molecule has 1 aliphatic rings. The van der Waals surface area contributed by atoms with E-state index in [0.717, 1.165) is 29.9 Å². The Bertz CT molecular complexity index is 459. The van der Waals surface area contributed by atoms with Crippen LogP contribution in [0, 0.1) is 13.8 Å². The van der Waals surface area contributed by atoms with Gasteiger partial charge in [0.15, 0.2) is 9.84 Å². The lowest BCUT2D eigenvalue weighted by molar-refractivity contribution is 0.562. The van der Waals surface area contributed by atoms with Crippen molar-refractivity contribution < 1.29 is 8.42 Å². The van der Waals surface area contributed by atoms with Gasteiger partial charge in [0.25, 0.3) is 0 Å². The molecule has 5 nitrogen and oxygen atoms in total. The summed E-state index contributed by atoms with van der Waals surface area (Å²) in [4.78, 5) is 0. The number of H-pyrrole nitrogens is 1. The van der Waals surface area contributed by atoms with Gasteiger partial charge in [-0.1, -0.05) is 0 Å². The monoisotopic (exact) mass is 243 g/mol. The maximum atomic E-state index is 11.5. The van der Waals surface area contributed by atoms with Gasteiger partial charge in [-0.3, -0.25) is 5.10 Å². The number of rotatable bonds is 2. The van der Waals surface area contributed by atoms with E-state index in [9.17, 15) is 8.42 Å². The summed E-state index contributed by atoms with van der Waals surface area (Å²) in [6.07, 6.45) is 1.65. The average molecular weight is 243 g/mol. The molecule has 1 fully saturated rings. The zero-order valence-electron chi connectivity index (χ0n) is 9.58. The molecule has 1 unspecified atom stereocenters. The fourth-order valence-corrected chi connectivity index (χ4v) is 3.74. The Morgan fingerprint density at radius 3 is 2.75 bits per heavy atom. The minimum absolute atomic E-state index is 0.0220. The van der Waals surface area contributed by atoms with Crippen molar-refractivity contribution in [2.75, 3.05) is 16.8 Å². The van der Waals surface area contributed by atoms with Crippen LogP contribution in [0.4, 0.5) is 5.69 Å². The van der Waals surface area contributed by atoms with Crippen LogP contribution in [0.2, 0.25) is 0 Å². The Kier molecular flexibility index (Phi) is 2.92. The van der Waals surface area contributed by atoms with Crippen LogP contribution in [0.5, 0.6) is 0 Å². The van der Waals surface area contributed by atoms with Crippen molar-refractivity contribution >= 4 is 15.5 Å². The number of hydrogen-bond donors (Lipinski definition) is 2. The van der Waals surface area contributed by atoms with Crippen LogP contribution in [0.15, 0.2) is 0 Å². The minimum atomic E-state index is -2.85. The molecule has 1 aromatic rings. The molecule has 1 atom stereocenters. The maximum Gasteiger partial charge on any atom is 0.152 e. The molecular formula is C10H17N3O2S. The largest absolute Gasteiger partial charge is 0.378 e. The number of nitrogens with one attached hydrogen (secondary N) is 2. The first-order valence-corrected chi connectivity index (χ1v) is 7.28. The first kappa shape index (κ1) is 11.4. The molecule has 1 aliphatic heterocycles. The van der Waals surface area contributed by atoms with Crippen molar-refractivity contribution in [3.63, 3.8) is 0 Å². The highest BCUT2D eigenvalue weighted by Crippen LogP contribution is 2.21. The molecule has 0 saturated carbocycles. The van der Waals surface area contributed by atoms with Gasteiger partial charge < -0.3 is 5.32 Å². The van der Waals surface area contributed by atoms with Crippen LogP contribution in [0.3, 0.4) is 0 Å². The van der Waals surface area contributed by atoms with Crippen molar-refractivity contribution in [3.8, 4) is 0 Å². The topological polar surface area (TPSA) is 74.8 Å². The summed E-state index contributed by atoms with van der Waals surface area (Å²) in [5.41, 5.74) is 2.79. The molecule has 0 spiro atoms. The quantitative estimate of drug-likeness (QED) is 0.813. The highest BCUT2D eigenvalue weighted by Gasteiger charge is 2.25. The SMILES string of the molecule is Cc1n[nH]c(C)c1NC1CCCS(=O)(=O)C1. The first-order chi connectivity index (χ1) is 7.48.